The van der Waals surface area contributed by atoms with Crippen LogP contribution in [0, 0.1) is 0 Å². The van der Waals surface area contributed by atoms with Crippen LogP contribution >= 0.6 is 0 Å². The lowest BCUT2D eigenvalue weighted by Gasteiger charge is -2.27. The van der Waals surface area contributed by atoms with Crippen molar-refractivity contribution in [3.05, 3.63) is 83.1 Å². The highest BCUT2D eigenvalue weighted by Crippen LogP contribution is 2.29. The molecule has 24 heteroatoms. The standard InChI is InChI=1S/C39H42N6O18/c1-4-22(43-26(49)14-40-34(55)19-8-5-11-23(46)31(19)52)38(60)62-18(3)30(45-28(51)16-42-36(57)21-10-7-13-25(48)33(21)54)39(61)63-17(2)29(37(58)59)44-27(50)15-41-35(56)20-9-6-12-24(47)32(20)53/h4-13,17-18,29-30,46-48,52-54H,14-16H2,1-3H3,(H,40,55)(H,41,56)(H,42,57)(H,43,49)(H,44,50)(H,45,51)(H,58,59)/b22-4-/t17-,18-,29+,30+/m1/s1. The van der Waals surface area contributed by atoms with Gasteiger partial charge in [-0.1, -0.05) is 24.3 Å². The fraction of sp³-hybridized carbons (Fsp3) is 0.256. The summed E-state index contributed by atoms with van der Waals surface area (Å²) >= 11 is 0. The van der Waals surface area contributed by atoms with E-state index >= 15 is 0 Å². The minimum absolute atomic E-state index is 0.373. The van der Waals surface area contributed by atoms with Gasteiger partial charge in [0.15, 0.2) is 46.6 Å². The fourth-order valence-electron chi connectivity index (χ4n) is 5.17. The molecule has 0 spiro atoms. The van der Waals surface area contributed by atoms with E-state index in [-0.39, 0.29) is 5.56 Å². The van der Waals surface area contributed by atoms with Gasteiger partial charge in [0, 0.05) is 0 Å². The average molecular weight is 883 g/mol. The number of phenols is 6. The fourth-order valence-corrected chi connectivity index (χ4v) is 5.17. The summed E-state index contributed by atoms with van der Waals surface area (Å²) in [7, 11) is 0. The number of carbonyl (C=O) groups is 9. The van der Waals surface area contributed by atoms with E-state index in [1.54, 1.807) is 0 Å². The van der Waals surface area contributed by atoms with Crippen molar-refractivity contribution >= 4 is 53.4 Å². The molecule has 6 amide bonds. The number of para-hydroxylation sites is 3. The van der Waals surface area contributed by atoms with Crippen LogP contribution < -0.4 is 31.9 Å². The first kappa shape index (κ1) is 48.8. The van der Waals surface area contributed by atoms with E-state index in [1.807, 2.05) is 5.32 Å². The van der Waals surface area contributed by atoms with Gasteiger partial charge in [-0.3, -0.25) is 28.8 Å². The molecule has 336 valence electrons. The second-order valence-electron chi connectivity index (χ2n) is 13.0. The van der Waals surface area contributed by atoms with E-state index in [0.29, 0.717) is 0 Å². The summed E-state index contributed by atoms with van der Waals surface area (Å²) in [5.74, 6) is -15.1. The highest BCUT2D eigenvalue weighted by molar-refractivity contribution is 6.02. The first-order valence-electron chi connectivity index (χ1n) is 18.2. The summed E-state index contributed by atoms with van der Waals surface area (Å²) in [5.41, 5.74) is -1.78. The summed E-state index contributed by atoms with van der Waals surface area (Å²) < 4.78 is 10.6. The van der Waals surface area contributed by atoms with Gasteiger partial charge in [-0.05, 0) is 57.2 Å². The third kappa shape index (κ3) is 13.5. The maximum Gasteiger partial charge on any atom is 0.354 e. The molecule has 3 aromatic rings. The molecular weight excluding hydrogens is 840 g/mol. The van der Waals surface area contributed by atoms with E-state index in [0.717, 1.165) is 56.3 Å². The Hall–Kier alpha value is -8.57. The molecule has 13 N–H and O–H groups in total. The molecule has 0 aromatic heterocycles. The second-order valence-corrected chi connectivity index (χ2v) is 13.0. The van der Waals surface area contributed by atoms with Gasteiger partial charge in [0.25, 0.3) is 17.7 Å². The number of carbonyl (C=O) groups excluding carboxylic acids is 8. The van der Waals surface area contributed by atoms with Crippen LogP contribution in [0.1, 0.15) is 51.8 Å². The number of nitrogens with one attached hydrogen (secondary N) is 6. The molecule has 0 bridgehead atoms. The van der Waals surface area contributed by atoms with Gasteiger partial charge in [-0.2, -0.15) is 0 Å². The Morgan fingerprint density at radius 3 is 1.30 bits per heavy atom. The molecule has 3 aromatic carbocycles. The number of carboxylic acids is 1. The normalized spacial score (nSPS) is 12.8. The molecule has 63 heavy (non-hydrogen) atoms. The van der Waals surface area contributed by atoms with Gasteiger partial charge < -0.3 is 77.1 Å². The van der Waals surface area contributed by atoms with Crippen molar-refractivity contribution in [2.75, 3.05) is 19.6 Å². The number of rotatable bonds is 19. The number of aliphatic carboxylic acids is 1. The molecule has 0 unspecified atom stereocenters. The Morgan fingerprint density at radius 1 is 0.556 bits per heavy atom. The lowest BCUT2D eigenvalue weighted by molar-refractivity contribution is -0.164. The largest absolute Gasteiger partial charge is 0.504 e. The molecule has 0 fully saturated rings. The molecule has 4 atom stereocenters. The Balaban J connectivity index is 1.74. The Kier molecular flexibility index (Phi) is 17.2. The summed E-state index contributed by atoms with van der Waals surface area (Å²) in [4.78, 5) is 115. The lowest BCUT2D eigenvalue weighted by Crippen LogP contribution is -2.56. The third-order valence-electron chi connectivity index (χ3n) is 8.48. The van der Waals surface area contributed by atoms with Gasteiger partial charge in [0.1, 0.15) is 17.9 Å². The smallest absolute Gasteiger partial charge is 0.354 e. The number of hydrogen-bond acceptors (Lipinski definition) is 17. The van der Waals surface area contributed by atoms with Crippen molar-refractivity contribution in [3.8, 4) is 34.5 Å². The highest BCUT2D eigenvalue weighted by atomic mass is 16.6. The summed E-state index contributed by atoms with van der Waals surface area (Å²) in [5, 5.41) is 81.3. The molecule has 24 nitrogen and oxygen atoms in total. The van der Waals surface area contributed by atoms with Crippen LogP contribution in [0.4, 0.5) is 0 Å². The first-order valence-corrected chi connectivity index (χ1v) is 18.2. The molecule has 0 aliphatic rings. The van der Waals surface area contributed by atoms with Crippen LogP contribution in [0.15, 0.2) is 66.4 Å². The predicted molar refractivity (Wildman–Crippen MR) is 211 cm³/mol. The Labute approximate surface area is 355 Å². The van der Waals surface area contributed by atoms with Crippen LogP contribution in [0.3, 0.4) is 0 Å². The molecule has 0 aliphatic heterocycles. The molecule has 0 heterocycles. The van der Waals surface area contributed by atoms with E-state index < -0.39 is 149 Å². The van der Waals surface area contributed by atoms with Gasteiger partial charge in [0.05, 0.1) is 36.3 Å². The number of hydrogen-bond donors (Lipinski definition) is 13. The van der Waals surface area contributed by atoms with Crippen LogP contribution in [0.2, 0.25) is 0 Å². The Morgan fingerprint density at radius 2 is 0.921 bits per heavy atom. The van der Waals surface area contributed by atoms with Crippen molar-refractivity contribution in [1.82, 2.24) is 31.9 Å². The number of ether oxygens (including phenoxy) is 2. The van der Waals surface area contributed by atoms with E-state index in [9.17, 15) is 78.9 Å². The quantitative estimate of drug-likeness (QED) is 0.0368. The molecule has 0 saturated carbocycles. The van der Waals surface area contributed by atoms with Gasteiger partial charge in [0.2, 0.25) is 17.7 Å². The van der Waals surface area contributed by atoms with Crippen molar-refractivity contribution in [2.45, 2.75) is 45.1 Å². The van der Waals surface area contributed by atoms with Crippen molar-refractivity contribution < 1.29 is 88.4 Å². The maximum atomic E-state index is 13.6. The molecule has 3 rings (SSSR count). The number of aromatic hydroxyl groups is 6. The van der Waals surface area contributed by atoms with Gasteiger partial charge in [-0.15, -0.1) is 0 Å². The lowest BCUT2D eigenvalue weighted by atomic mass is 10.1. The van der Waals surface area contributed by atoms with E-state index in [1.165, 1.54) is 25.1 Å². The van der Waals surface area contributed by atoms with Crippen molar-refractivity contribution in [2.24, 2.45) is 0 Å². The van der Waals surface area contributed by atoms with Crippen LogP contribution in [-0.4, -0.2) is 133 Å². The Bertz CT molecular complexity index is 2310. The topological polar surface area (TPSA) is 386 Å². The van der Waals surface area contributed by atoms with Gasteiger partial charge >= 0.3 is 17.9 Å². The molecule has 0 aliphatic carbocycles. The summed E-state index contributed by atoms with van der Waals surface area (Å²) in [6, 6.07) is 6.34. The van der Waals surface area contributed by atoms with Crippen LogP contribution in [-0.2, 0) is 38.2 Å². The second kappa shape index (κ2) is 22.2. The number of esters is 2. The van der Waals surface area contributed by atoms with Gasteiger partial charge in [-0.25, -0.2) is 14.4 Å². The minimum Gasteiger partial charge on any atom is -0.504 e. The van der Waals surface area contributed by atoms with E-state index in [2.05, 4.69) is 26.6 Å². The average Bonchev–Trinajstić information content (AvgIpc) is 3.23. The van der Waals surface area contributed by atoms with Crippen LogP contribution in [0.5, 0.6) is 34.5 Å². The third-order valence-corrected chi connectivity index (χ3v) is 8.48. The maximum absolute atomic E-state index is 13.6. The zero-order valence-electron chi connectivity index (χ0n) is 33.3. The van der Waals surface area contributed by atoms with Crippen molar-refractivity contribution in [1.29, 1.82) is 0 Å². The number of phenolic OH excluding ortho intramolecular Hbond substituents is 6. The zero-order chi connectivity index (χ0) is 47.1. The number of allylic oxidation sites excluding steroid dienone is 1. The molecular formula is C39H42N6O18. The SMILES string of the molecule is C/C=C(\NC(=O)CNC(=O)c1cccc(O)c1O)C(=O)O[C@H](C)[C@H](NC(=O)CNC(=O)c1cccc(O)c1O)C(=O)O[C@H](C)[C@H](NC(=O)CNC(=O)c1cccc(O)c1O)C(=O)O. The number of carboxylic acid groups (broad SMARTS) is 1. The minimum atomic E-state index is -2.02. The highest BCUT2D eigenvalue weighted by Gasteiger charge is 2.37. The number of benzene rings is 3. The zero-order valence-corrected chi connectivity index (χ0v) is 33.3. The summed E-state index contributed by atoms with van der Waals surface area (Å²) in [6.45, 7) is 0.835. The number of amides is 6. The van der Waals surface area contributed by atoms with Crippen LogP contribution in [0.25, 0.3) is 0 Å². The molecule has 0 radical (unpaired) electrons. The van der Waals surface area contributed by atoms with Crippen molar-refractivity contribution in [3.63, 3.8) is 0 Å². The monoisotopic (exact) mass is 882 g/mol. The van der Waals surface area contributed by atoms with E-state index in [4.69, 9.17) is 9.47 Å². The predicted octanol–water partition coefficient (Wildman–Crippen LogP) is -1.55. The first-order chi connectivity index (χ1) is 29.7. The summed E-state index contributed by atoms with van der Waals surface area (Å²) in [6.07, 6.45) is -2.43. The molecule has 0 saturated heterocycles.